The Morgan fingerprint density at radius 3 is 1.79 bits per heavy atom. The molecule has 0 fully saturated rings. The molecule has 0 spiro atoms. The van der Waals surface area contributed by atoms with Gasteiger partial charge in [0.25, 0.3) is 0 Å². The summed E-state index contributed by atoms with van der Waals surface area (Å²) in [6, 6.07) is 0. The molecule has 0 aliphatic carbocycles. The minimum absolute atomic E-state index is 0.325. The molecule has 0 aromatic rings. The normalized spacial score (nSPS) is 11.4. The van der Waals surface area contributed by atoms with Crippen LogP contribution >= 0.6 is 0 Å². The van der Waals surface area contributed by atoms with Crippen molar-refractivity contribution in [2.24, 2.45) is 0 Å². The number of unbranched alkanes of at least 4 members (excludes halogenated alkanes) is 6. The Bertz CT molecular complexity index is 273. The van der Waals surface area contributed by atoms with Crippen LogP contribution in [-0.2, 0) is 0 Å². The maximum atomic E-state index is 3.38. The van der Waals surface area contributed by atoms with E-state index in [-0.39, 0.29) is 0 Å². The highest BCUT2D eigenvalue weighted by molar-refractivity contribution is 6.77. The van der Waals surface area contributed by atoms with Gasteiger partial charge in [-0.2, -0.15) is 5.92 Å². The van der Waals surface area contributed by atoms with Crippen LogP contribution in [0, 0.1) is 11.7 Å². The zero-order valence-electron chi connectivity index (χ0n) is 13.3. The number of rotatable bonds is 10. The van der Waals surface area contributed by atoms with Crippen LogP contribution in [0.15, 0.2) is 24.1 Å². The van der Waals surface area contributed by atoms with E-state index >= 15 is 0 Å². The van der Waals surface area contributed by atoms with Gasteiger partial charge in [-0.3, -0.25) is 12.0 Å². The van der Waals surface area contributed by atoms with Crippen molar-refractivity contribution in [2.75, 3.05) is 0 Å². The molecule has 0 nitrogen and oxygen atoms in total. The summed E-state index contributed by atoms with van der Waals surface area (Å²) in [6.45, 7) is 7.01. The molecule has 0 rings (SSSR count). The molecule has 1 radical (unpaired) electrons. The van der Waals surface area contributed by atoms with Gasteiger partial charge in [-0.1, -0.05) is 52.9 Å². The van der Waals surface area contributed by atoms with Crippen molar-refractivity contribution in [3.63, 3.8) is 0 Å². The van der Waals surface area contributed by atoms with Crippen LogP contribution in [0.5, 0.6) is 0 Å². The number of hydrogen-bond donors (Lipinski definition) is 0. The van der Waals surface area contributed by atoms with Crippen molar-refractivity contribution in [3.8, 4) is 11.7 Å². The van der Waals surface area contributed by atoms with Crippen LogP contribution in [-0.4, -0.2) is 6.71 Å². The molecule has 1 heteroatoms. The lowest BCUT2D eigenvalue weighted by atomic mass is 9.50. The first-order valence-electron chi connectivity index (χ1n) is 8.16. The summed E-state index contributed by atoms with van der Waals surface area (Å²) in [7, 11) is 0. The second kappa shape index (κ2) is 15.2. The smallest absolute Gasteiger partial charge is 0.00494 e. The minimum atomic E-state index is 0.325. The summed E-state index contributed by atoms with van der Waals surface area (Å²) in [6.07, 6.45) is 15.6. The zero-order chi connectivity index (χ0) is 14.2. The fourth-order valence-electron chi connectivity index (χ4n) is 1.75. The van der Waals surface area contributed by atoms with Crippen LogP contribution in [0.3, 0.4) is 0 Å². The molecule has 0 aliphatic rings. The van der Waals surface area contributed by atoms with E-state index in [0.29, 0.717) is 6.71 Å². The average molecular weight is 258 g/mol. The Balaban J connectivity index is 4.23. The van der Waals surface area contributed by atoms with Gasteiger partial charge < -0.3 is 5.82 Å². The Morgan fingerprint density at radius 1 is 0.789 bits per heavy atom. The number of allylic oxidation sites excluding steroid dienone is 2. The van der Waals surface area contributed by atoms with E-state index in [2.05, 4.69) is 56.6 Å². The average Bonchev–Trinajstić information content (AvgIpc) is 2.43. The van der Waals surface area contributed by atoms with Crippen LogP contribution in [0.25, 0.3) is 0 Å². The van der Waals surface area contributed by atoms with E-state index in [1.807, 2.05) is 0 Å². The molecule has 0 saturated carbocycles. The molecule has 0 saturated heterocycles. The molecule has 19 heavy (non-hydrogen) atoms. The second-order valence-corrected chi connectivity index (χ2v) is 5.09. The quantitative estimate of drug-likeness (QED) is 0.264. The molecule has 0 aromatic heterocycles. The third kappa shape index (κ3) is 13.3. The van der Waals surface area contributed by atoms with Crippen molar-refractivity contribution >= 4 is 6.71 Å². The summed E-state index contributed by atoms with van der Waals surface area (Å²) in [4.78, 5) is 0. The Morgan fingerprint density at radius 2 is 1.32 bits per heavy atom. The lowest BCUT2D eigenvalue weighted by Crippen LogP contribution is -2.02. The minimum Gasteiger partial charge on any atom is -0.342 e. The van der Waals surface area contributed by atoms with Crippen LogP contribution in [0.4, 0.5) is 0 Å². The first kappa shape index (κ1) is 18.1. The maximum Gasteiger partial charge on any atom is 0.00494 e. The van der Waals surface area contributed by atoms with Gasteiger partial charge in [0.15, 0.2) is 0 Å². The molecule has 0 amide bonds. The van der Waals surface area contributed by atoms with Gasteiger partial charge in [0.1, 0.15) is 0 Å². The van der Waals surface area contributed by atoms with Crippen molar-refractivity contribution in [3.05, 3.63) is 24.1 Å². The molecule has 0 aromatic carbocycles. The highest BCUT2D eigenvalue weighted by Crippen LogP contribution is 2.00. The van der Waals surface area contributed by atoms with Crippen LogP contribution < -0.4 is 0 Å². The third-order valence-electron chi connectivity index (χ3n) is 3.06. The van der Waals surface area contributed by atoms with E-state index in [0.717, 1.165) is 6.42 Å². The van der Waals surface area contributed by atoms with E-state index < -0.39 is 0 Å². The molecule has 0 atom stereocenters. The van der Waals surface area contributed by atoms with Gasteiger partial charge >= 0.3 is 0 Å². The number of hydrogen-bond acceptors (Lipinski definition) is 0. The monoisotopic (exact) mass is 258 g/mol. The van der Waals surface area contributed by atoms with Crippen molar-refractivity contribution in [2.45, 2.75) is 78.6 Å². The highest BCUT2D eigenvalue weighted by atomic mass is 13.8. The van der Waals surface area contributed by atoms with Gasteiger partial charge in [0.05, 0.1) is 0 Å². The molecular formula is C18H31B-. The van der Waals surface area contributed by atoms with Crippen molar-refractivity contribution in [1.82, 2.24) is 0 Å². The molecule has 0 aliphatic heterocycles. The van der Waals surface area contributed by atoms with Gasteiger partial charge in [0, 0.05) is 6.42 Å². The van der Waals surface area contributed by atoms with Crippen molar-refractivity contribution in [1.29, 1.82) is 0 Å². The summed E-state index contributed by atoms with van der Waals surface area (Å²) >= 11 is 0. The first-order valence-corrected chi connectivity index (χ1v) is 8.16. The highest BCUT2D eigenvalue weighted by Gasteiger charge is 1.84. The lowest BCUT2D eigenvalue weighted by Gasteiger charge is -2.09. The van der Waals surface area contributed by atoms with Gasteiger partial charge in [0.2, 0.25) is 0 Å². The Hall–Kier alpha value is -0.895. The van der Waals surface area contributed by atoms with E-state index in [4.69, 9.17) is 0 Å². The van der Waals surface area contributed by atoms with Gasteiger partial charge in [-0.15, -0.1) is 12.2 Å². The molecule has 107 valence electrons. The SMILES string of the molecule is CCCCC#C[B-](/C=C/CCCC)/C=C/CCCC. The standard InChI is InChI=1S/C18H31B/c1-4-7-10-13-16-19(17-14-11-8-5-2)18-15-12-9-6-3/h13-14,16-17H,4-12H2,1-3H3/q-1/b16-13+,17-14+. The maximum absolute atomic E-state index is 3.38. The third-order valence-corrected chi connectivity index (χ3v) is 3.06. The molecular weight excluding hydrogens is 227 g/mol. The molecule has 0 N–H and O–H groups in total. The second-order valence-electron chi connectivity index (χ2n) is 5.09. The van der Waals surface area contributed by atoms with Gasteiger partial charge in [-0.25, -0.2) is 0 Å². The summed E-state index contributed by atoms with van der Waals surface area (Å²) in [5.74, 6) is 11.3. The van der Waals surface area contributed by atoms with E-state index in [1.54, 1.807) is 0 Å². The predicted molar refractivity (Wildman–Crippen MR) is 90.4 cm³/mol. The Kier molecular flexibility index (Phi) is 14.4. The van der Waals surface area contributed by atoms with Crippen LogP contribution in [0.1, 0.15) is 78.6 Å². The fraction of sp³-hybridized carbons (Fsp3) is 0.667. The topological polar surface area (TPSA) is 0 Å². The first-order chi connectivity index (χ1) is 9.35. The Labute approximate surface area is 121 Å². The van der Waals surface area contributed by atoms with E-state index in [1.165, 1.54) is 51.4 Å². The fourth-order valence-corrected chi connectivity index (χ4v) is 1.75. The largest absolute Gasteiger partial charge is 0.342 e. The zero-order valence-corrected chi connectivity index (χ0v) is 13.3. The summed E-state index contributed by atoms with van der Waals surface area (Å²) < 4.78 is 0. The lowest BCUT2D eigenvalue weighted by molar-refractivity contribution is 0.815. The van der Waals surface area contributed by atoms with Crippen molar-refractivity contribution < 1.29 is 0 Å². The summed E-state index contributed by atoms with van der Waals surface area (Å²) in [5, 5.41) is 0. The summed E-state index contributed by atoms with van der Waals surface area (Å²) in [5.41, 5.74) is 0. The van der Waals surface area contributed by atoms with E-state index in [9.17, 15) is 0 Å². The van der Waals surface area contributed by atoms with Crippen LogP contribution in [0.2, 0.25) is 0 Å². The molecule has 0 heterocycles. The van der Waals surface area contributed by atoms with Gasteiger partial charge in [-0.05, 0) is 26.0 Å². The molecule has 0 bridgehead atoms. The molecule has 0 unspecified atom stereocenters. The predicted octanol–water partition coefficient (Wildman–Crippen LogP) is 5.79.